The molecule has 2 atom stereocenters. The van der Waals surface area contributed by atoms with E-state index in [-0.39, 0.29) is 24.2 Å². The number of piperidine rings is 1. The van der Waals surface area contributed by atoms with Gasteiger partial charge in [0.15, 0.2) is 5.69 Å². The van der Waals surface area contributed by atoms with Gasteiger partial charge < -0.3 is 10.6 Å². The highest BCUT2D eigenvalue weighted by Crippen LogP contribution is 2.30. The van der Waals surface area contributed by atoms with Crippen LogP contribution in [0.25, 0.3) is 0 Å². The molecule has 1 fully saturated rings. The summed E-state index contributed by atoms with van der Waals surface area (Å²) >= 11 is 0.972. The lowest BCUT2D eigenvalue weighted by Gasteiger charge is -2.27. The van der Waals surface area contributed by atoms with Crippen molar-refractivity contribution in [3.05, 3.63) is 16.1 Å². The number of aromatic nitrogens is 1. The number of carbonyl (C=O) groups excluding carboxylic acids is 1. The monoisotopic (exact) mass is 357 g/mol. The van der Waals surface area contributed by atoms with Gasteiger partial charge in [-0.2, -0.15) is 13.2 Å². The average molecular weight is 358 g/mol. The number of hydrogen-bond acceptors (Lipinski definition) is 4. The van der Waals surface area contributed by atoms with E-state index in [9.17, 15) is 18.0 Å². The lowest BCUT2D eigenvalue weighted by molar-refractivity contribution is -0.140. The summed E-state index contributed by atoms with van der Waals surface area (Å²) in [7, 11) is 0. The molecule has 0 aromatic carbocycles. The number of hydrogen-bond donors (Lipinski definition) is 2. The number of nitrogens with one attached hydrogen (secondary N) is 2. The van der Waals surface area contributed by atoms with Crippen LogP contribution < -0.4 is 10.6 Å². The average Bonchev–Trinajstić information content (AvgIpc) is 2.87. The summed E-state index contributed by atoms with van der Waals surface area (Å²) in [6, 6.07) is 0.322. The molecule has 9 heteroatoms. The van der Waals surface area contributed by atoms with Gasteiger partial charge in [-0.05, 0) is 26.3 Å². The van der Waals surface area contributed by atoms with Crippen molar-refractivity contribution in [2.24, 2.45) is 5.92 Å². The number of halogens is 4. The standard InChI is InChI=1S/C13H18F3N3OS.ClH/c1-8-6-9(2-4-17-8)12(20)18-5-3-11-19-10(7-21-11)13(14,15)16;/h7-9,17H,2-6H2,1H3,(H,18,20);1H/t8-,9-;/m0./s1. The van der Waals surface area contributed by atoms with E-state index in [2.05, 4.69) is 15.6 Å². The van der Waals surface area contributed by atoms with Gasteiger partial charge in [0.05, 0.1) is 5.01 Å². The van der Waals surface area contributed by atoms with Crippen LogP contribution in [0.2, 0.25) is 0 Å². The number of nitrogens with zero attached hydrogens (tertiary/aromatic N) is 1. The zero-order chi connectivity index (χ0) is 15.5. The van der Waals surface area contributed by atoms with Crippen LogP contribution in [0.3, 0.4) is 0 Å². The quantitative estimate of drug-likeness (QED) is 0.871. The maximum absolute atomic E-state index is 12.4. The molecule has 1 aromatic heterocycles. The smallest absolute Gasteiger partial charge is 0.355 e. The number of rotatable bonds is 4. The minimum absolute atomic E-state index is 0. The fourth-order valence-corrected chi connectivity index (χ4v) is 3.17. The molecule has 2 heterocycles. The zero-order valence-electron chi connectivity index (χ0n) is 12.1. The fourth-order valence-electron chi connectivity index (χ4n) is 2.36. The van der Waals surface area contributed by atoms with Crippen molar-refractivity contribution in [3.63, 3.8) is 0 Å². The molecule has 22 heavy (non-hydrogen) atoms. The van der Waals surface area contributed by atoms with Crippen LogP contribution >= 0.6 is 23.7 Å². The van der Waals surface area contributed by atoms with Crippen LogP contribution in [-0.4, -0.2) is 30.0 Å². The Hall–Kier alpha value is -0.860. The Balaban J connectivity index is 0.00000242. The van der Waals surface area contributed by atoms with Crippen LogP contribution in [0.1, 0.15) is 30.5 Å². The third-order valence-corrected chi connectivity index (χ3v) is 4.38. The summed E-state index contributed by atoms with van der Waals surface area (Å²) in [5.74, 6) is -0.0285. The number of amides is 1. The van der Waals surface area contributed by atoms with E-state index in [0.29, 0.717) is 24.0 Å². The Morgan fingerprint density at radius 1 is 1.55 bits per heavy atom. The molecular weight excluding hydrogens is 339 g/mol. The molecule has 0 saturated carbocycles. The highest BCUT2D eigenvalue weighted by atomic mass is 35.5. The van der Waals surface area contributed by atoms with Crippen molar-refractivity contribution in [1.29, 1.82) is 0 Å². The van der Waals surface area contributed by atoms with Crippen LogP contribution in [-0.2, 0) is 17.4 Å². The first-order valence-corrected chi connectivity index (χ1v) is 7.77. The second kappa shape index (κ2) is 8.12. The molecule has 2 N–H and O–H groups in total. The molecule has 0 aliphatic carbocycles. The van der Waals surface area contributed by atoms with Crippen molar-refractivity contribution in [3.8, 4) is 0 Å². The topological polar surface area (TPSA) is 54.0 Å². The Morgan fingerprint density at radius 2 is 2.27 bits per heavy atom. The Bertz CT molecular complexity index is 495. The molecule has 1 aliphatic heterocycles. The fraction of sp³-hybridized carbons (Fsp3) is 0.692. The van der Waals surface area contributed by atoms with E-state index in [1.54, 1.807) is 0 Å². The van der Waals surface area contributed by atoms with Crippen LogP contribution in [0.4, 0.5) is 13.2 Å². The van der Waals surface area contributed by atoms with Crippen LogP contribution in [0.15, 0.2) is 5.38 Å². The predicted octanol–water partition coefficient (Wildman–Crippen LogP) is 2.63. The van der Waals surface area contributed by atoms with Gasteiger partial charge in [0.1, 0.15) is 0 Å². The van der Waals surface area contributed by atoms with E-state index in [1.807, 2.05) is 6.92 Å². The third-order valence-electron chi connectivity index (χ3n) is 3.47. The predicted molar refractivity (Wildman–Crippen MR) is 81.3 cm³/mol. The summed E-state index contributed by atoms with van der Waals surface area (Å²) in [5, 5.41) is 7.45. The Labute approximate surface area is 137 Å². The largest absolute Gasteiger partial charge is 0.434 e. The minimum atomic E-state index is -4.40. The van der Waals surface area contributed by atoms with Crippen LogP contribution in [0.5, 0.6) is 0 Å². The second-order valence-corrected chi connectivity index (χ2v) is 6.18. The summed E-state index contributed by atoms with van der Waals surface area (Å²) in [6.07, 6.45) is -2.48. The molecule has 1 aliphatic rings. The molecule has 1 aromatic rings. The highest BCUT2D eigenvalue weighted by Gasteiger charge is 2.33. The van der Waals surface area contributed by atoms with Crippen molar-refractivity contribution in [1.82, 2.24) is 15.6 Å². The first-order valence-electron chi connectivity index (χ1n) is 6.89. The minimum Gasteiger partial charge on any atom is -0.355 e. The van der Waals surface area contributed by atoms with Crippen molar-refractivity contribution < 1.29 is 18.0 Å². The summed E-state index contributed by atoms with van der Waals surface area (Å²) < 4.78 is 37.2. The van der Waals surface area contributed by atoms with E-state index in [4.69, 9.17) is 0 Å². The van der Waals surface area contributed by atoms with Gasteiger partial charge >= 0.3 is 6.18 Å². The van der Waals surface area contributed by atoms with Crippen LogP contribution in [0, 0.1) is 5.92 Å². The Morgan fingerprint density at radius 3 is 2.86 bits per heavy atom. The van der Waals surface area contributed by atoms with Crippen molar-refractivity contribution in [2.75, 3.05) is 13.1 Å². The van der Waals surface area contributed by atoms with Gasteiger partial charge in [-0.25, -0.2) is 4.98 Å². The second-order valence-electron chi connectivity index (χ2n) is 5.24. The molecule has 1 saturated heterocycles. The molecular formula is C13H19ClF3N3OS. The summed E-state index contributed by atoms with van der Waals surface area (Å²) in [6.45, 7) is 3.18. The first-order chi connectivity index (χ1) is 9.86. The van der Waals surface area contributed by atoms with E-state index in [0.717, 1.165) is 36.1 Å². The van der Waals surface area contributed by atoms with Gasteiger partial charge in [0.2, 0.25) is 5.91 Å². The number of thiazole rings is 1. The van der Waals surface area contributed by atoms with E-state index < -0.39 is 11.9 Å². The molecule has 0 radical (unpaired) electrons. The lowest BCUT2D eigenvalue weighted by atomic mass is 9.92. The molecule has 126 valence electrons. The van der Waals surface area contributed by atoms with Gasteiger partial charge in [-0.3, -0.25) is 4.79 Å². The van der Waals surface area contributed by atoms with Gasteiger partial charge in [0.25, 0.3) is 0 Å². The molecule has 1 amide bonds. The van der Waals surface area contributed by atoms with Gasteiger partial charge in [-0.1, -0.05) is 0 Å². The summed E-state index contributed by atoms with van der Waals surface area (Å²) in [5.41, 5.74) is -0.860. The Kier molecular flexibility index (Phi) is 7.08. The first kappa shape index (κ1) is 19.2. The maximum Gasteiger partial charge on any atom is 0.434 e. The SMILES string of the molecule is C[C@H]1C[C@@H](C(=O)NCCc2nc(C(F)(F)F)cs2)CCN1.Cl. The normalized spacial score (nSPS) is 22.0. The highest BCUT2D eigenvalue weighted by molar-refractivity contribution is 7.09. The molecule has 4 nitrogen and oxygen atoms in total. The maximum atomic E-state index is 12.4. The van der Waals surface area contributed by atoms with E-state index >= 15 is 0 Å². The summed E-state index contributed by atoms with van der Waals surface area (Å²) in [4.78, 5) is 15.5. The molecule has 0 unspecified atom stereocenters. The van der Waals surface area contributed by atoms with E-state index in [1.165, 1.54) is 0 Å². The zero-order valence-corrected chi connectivity index (χ0v) is 13.7. The molecule has 0 spiro atoms. The molecule has 0 bridgehead atoms. The lowest BCUT2D eigenvalue weighted by Crippen LogP contribution is -2.42. The number of carbonyl (C=O) groups is 1. The molecule has 2 rings (SSSR count). The third kappa shape index (κ3) is 5.40. The number of alkyl halides is 3. The van der Waals surface area contributed by atoms with Gasteiger partial charge in [0, 0.05) is 30.3 Å². The van der Waals surface area contributed by atoms with Crippen molar-refractivity contribution >= 4 is 29.7 Å². The van der Waals surface area contributed by atoms with Gasteiger partial charge in [-0.15, -0.1) is 23.7 Å². The van der Waals surface area contributed by atoms with Crippen molar-refractivity contribution in [2.45, 2.75) is 38.4 Å².